The van der Waals surface area contributed by atoms with E-state index < -0.39 is 29.2 Å². The molecule has 11 nitrogen and oxygen atoms in total. The molecule has 0 spiro atoms. The lowest BCUT2D eigenvalue weighted by atomic mass is 10.0. The summed E-state index contributed by atoms with van der Waals surface area (Å²) in [6.45, 7) is 3.40. The highest BCUT2D eigenvalue weighted by Gasteiger charge is 2.39. The molecule has 0 aliphatic carbocycles. The number of carbonyl (C=O) groups excluding carboxylic acids is 3. The molecule has 3 heterocycles. The van der Waals surface area contributed by atoms with Crippen molar-refractivity contribution in [1.82, 2.24) is 24.7 Å². The van der Waals surface area contributed by atoms with Crippen LogP contribution in [0.2, 0.25) is 5.02 Å². The van der Waals surface area contributed by atoms with E-state index in [2.05, 4.69) is 15.6 Å². The molecule has 2 saturated heterocycles. The van der Waals surface area contributed by atoms with Crippen molar-refractivity contribution in [1.29, 1.82) is 0 Å². The molecule has 2 fully saturated rings. The average molecular weight is 617 g/mol. The number of piperazine rings is 1. The fraction of sp³-hybridized carbons (Fsp3) is 0.379. The van der Waals surface area contributed by atoms with Crippen molar-refractivity contribution in [3.63, 3.8) is 0 Å². The molecule has 3 aromatic rings. The minimum absolute atomic E-state index is 0.0641. The van der Waals surface area contributed by atoms with Crippen molar-refractivity contribution < 1.29 is 33.0 Å². The quantitative estimate of drug-likeness (QED) is 0.388. The smallest absolute Gasteiger partial charge is 0.291 e. The van der Waals surface area contributed by atoms with E-state index in [1.165, 1.54) is 55.3 Å². The van der Waals surface area contributed by atoms with Crippen molar-refractivity contribution in [3.05, 3.63) is 64.6 Å². The number of hydrogen-bond acceptors (Lipinski definition) is 7. The van der Waals surface area contributed by atoms with E-state index in [9.17, 15) is 28.3 Å². The Labute approximate surface area is 251 Å². The largest absolute Gasteiger partial charge is 0.494 e. The van der Waals surface area contributed by atoms with Gasteiger partial charge in [0.25, 0.3) is 11.8 Å². The minimum atomic E-state index is -1.15. The predicted molar refractivity (Wildman–Crippen MR) is 154 cm³/mol. The molecule has 2 aliphatic rings. The topological polar surface area (TPSA) is 129 Å². The molecule has 0 saturated carbocycles. The summed E-state index contributed by atoms with van der Waals surface area (Å²) in [5, 5.41) is 16.0. The summed E-state index contributed by atoms with van der Waals surface area (Å²) in [6, 6.07) is 6.63. The van der Waals surface area contributed by atoms with Crippen molar-refractivity contribution >= 4 is 35.0 Å². The third kappa shape index (κ3) is 6.05. The summed E-state index contributed by atoms with van der Waals surface area (Å²) in [5.74, 6) is -3.62. The maximum absolute atomic E-state index is 14.6. The molecule has 1 unspecified atom stereocenters. The number of nitrogens with one attached hydrogen (secondary N) is 2. The summed E-state index contributed by atoms with van der Waals surface area (Å²) in [6.07, 6.45) is 1.60. The molecule has 14 heteroatoms. The predicted octanol–water partition coefficient (Wildman–Crippen LogP) is 2.68. The lowest BCUT2D eigenvalue weighted by Gasteiger charge is -2.36. The molecular weight excluding hydrogens is 586 g/mol. The Morgan fingerprint density at radius 3 is 2.44 bits per heavy atom. The van der Waals surface area contributed by atoms with E-state index in [-0.39, 0.29) is 45.2 Å². The first kappa shape index (κ1) is 30.4. The molecule has 228 valence electrons. The van der Waals surface area contributed by atoms with E-state index in [1.807, 2.05) is 0 Å². The van der Waals surface area contributed by atoms with E-state index >= 15 is 0 Å². The molecule has 0 bridgehead atoms. The van der Waals surface area contributed by atoms with Crippen LogP contribution in [-0.4, -0.2) is 93.7 Å². The summed E-state index contributed by atoms with van der Waals surface area (Å²) in [4.78, 5) is 46.4. The van der Waals surface area contributed by atoms with Gasteiger partial charge in [-0.3, -0.25) is 14.4 Å². The Kier molecular flexibility index (Phi) is 8.41. The summed E-state index contributed by atoms with van der Waals surface area (Å²) < 4.78 is 35.0. The summed E-state index contributed by atoms with van der Waals surface area (Å²) in [5.41, 5.74) is -0.293. The molecule has 43 heavy (non-hydrogen) atoms. The van der Waals surface area contributed by atoms with Crippen LogP contribution in [0.25, 0.3) is 11.3 Å². The van der Waals surface area contributed by atoms with E-state index in [1.54, 1.807) is 16.7 Å². The fourth-order valence-corrected chi connectivity index (χ4v) is 5.60. The summed E-state index contributed by atoms with van der Waals surface area (Å²) in [7, 11) is 2.72. The number of imidazole rings is 1. The molecule has 2 atom stereocenters. The molecule has 2 aliphatic heterocycles. The number of aromatic nitrogens is 2. The number of aliphatic hydroxyl groups is 1. The normalized spacial score (nSPS) is 20.3. The lowest BCUT2D eigenvalue weighted by Crippen LogP contribution is -2.54. The number of rotatable bonds is 6. The van der Waals surface area contributed by atoms with Crippen molar-refractivity contribution in [3.8, 4) is 17.0 Å². The van der Waals surface area contributed by atoms with Crippen LogP contribution in [-0.2, 0) is 11.8 Å². The first-order chi connectivity index (χ1) is 20.4. The van der Waals surface area contributed by atoms with Crippen molar-refractivity contribution in [2.75, 3.05) is 45.2 Å². The molecule has 0 radical (unpaired) electrons. The van der Waals surface area contributed by atoms with Gasteiger partial charge in [0.2, 0.25) is 11.7 Å². The second-order valence-corrected chi connectivity index (χ2v) is 11.3. The van der Waals surface area contributed by atoms with Gasteiger partial charge in [0, 0.05) is 57.4 Å². The van der Waals surface area contributed by atoms with Crippen molar-refractivity contribution in [2.24, 2.45) is 7.05 Å². The Balaban J connectivity index is 1.21. The Morgan fingerprint density at radius 1 is 1.12 bits per heavy atom. The van der Waals surface area contributed by atoms with Gasteiger partial charge in [-0.2, -0.15) is 4.39 Å². The van der Waals surface area contributed by atoms with E-state index in [0.717, 1.165) is 0 Å². The van der Waals surface area contributed by atoms with Gasteiger partial charge in [0.15, 0.2) is 17.4 Å². The number of benzene rings is 2. The highest BCUT2D eigenvalue weighted by atomic mass is 35.5. The zero-order valence-electron chi connectivity index (χ0n) is 23.8. The molecular formula is C29H31ClF2N6O5. The van der Waals surface area contributed by atoms with Gasteiger partial charge in [-0.15, -0.1) is 0 Å². The second-order valence-electron chi connectivity index (χ2n) is 10.9. The van der Waals surface area contributed by atoms with Crippen LogP contribution < -0.4 is 15.4 Å². The van der Waals surface area contributed by atoms with Crippen LogP contribution >= 0.6 is 11.6 Å². The summed E-state index contributed by atoms with van der Waals surface area (Å²) >= 11 is 6.43. The van der Waals surface area contributed by atoms with Gasteiger partial charge < -0.3 is 34.8 Å². The van der Waals surface area contributed by atoms with Crippen LogP contribution in [0, 0.1) is 11.6 Å². The van der Waals surface area contributed by atoms with Gasteiger partial charge in [0.05, 0.1) is 41.2 Å². The number of methoxy groups -OCH3 is 1. The number of amides is 3. The minimum Gasteiger partial charge on any atom is -0.494 e. The zero-order chi connectivity index (χ0) is 31.1. The number of ether oxygens (including phenoxy) is 1. The molecule has 3 N–H and O–H groups in total. The number of β-amino-alcohol motifs (C(OH)–C–C–N with tert-alkyl or cyclic N) is 1. The second kappa shape index (κ2) is 11.9. The Bertz CT molecular complexity index is 1590. The molecule has 5 rings (SSSR count). The maximum Gasteiger partial charge on any atom is 0.291 e. The number of anilines is 1. The molecule has 3 amide bonds. The van der Waals surface area contributed by atoms with Crippen LogP contribution in [0.1, 0.15) is 34.3 Å². The van der Waals surface area contributed by atoms with Crippen LogP contribution in [0.15, 0.2) is 36.5 Å². The van der Waals surface area contributed by atoms with Crippen LogP contribution in [0.4, 0.5) is 14.5 Å². The van der Waals surface area contributed by atoms with Gasteiger partial charge >= 0.3 is 0 Å². The molecule has 2 aromatic carbocycles. The number of nitrogens with zero attached hydrogens (tertiary/aromatic N) is 4. The van der Waals surface area contributed by atoms with Gasteiger partial charge in [0.1, 0.15) is 0 Å². The van der Waals surface area contributed by atoms with Gasteiger partial charge in [-0.1, -0.05) is 11.6 Å². The Hall–Kier alpha value is -4.07. The van der Waals surface area contributed by atoms with Gasteiger partial charge in [-0.05, 0) is 37.3 Å². The highest BCUT2D eigenvalue weighted by Crippen LogP contribution is 2.30. The zero-order valence-corrected chi connectivity index (χ0v) is 24.5. The van der Waals surface area contributed by atoms with Crippen LogP contribution in [0.5, 0.6) is 5.75 Å². The number of hydrogen-bond donors (Lipinski definition) is 3. The maximum atomic E-state index is 14.6. The SMILES string of the molecule is COc1ccc(-c2cnc(C(=O)Nc3ccc(C(=O)N4CCN(C(=O)C5C[C@](C)(O)CN5)CC4)c(Cl)c3)n2C)c(F)c1F. The lowest BCUT2D eigenvalue weighted by molar-refractivity contribution is -0.134. The molecule has 1 aromatic heterocycles. The first-order valence-corrected chi connectivity index (χ1v) is 14.0. The average Bonchev–Trinajstić information content (AvgIpc) is 3.55. The van der Waals surface area contributed by atoms with Crippen molar-refractivity contribution in [2.45, 2.75) is 25.0 Å². The highest BCUT2D eigenvalue weighted by molar-refractivity contribution is 6.34. The first-order valence-electron chi connectivity index (χ1n) is 13.6. The number of carbonyl (C=O) groups is 3. The van der Waals surface area contributed by atoms with E-state index in [4.69, 9.17) is 16.3 Å². The van der Waals surface area contributed by atoms with Gasteiger partial charge in [-0.25, -0.2) is 9.37 Å². The third-order valence-corrected chi connectivity index (χ3v) is 8.05. The number of halogens is 3. The monoisotopic (exact) mass is 616 g/mol. The standard InChI is InChI=1S/C29H31ClF2N6O5/c1-29(42)13-20(34-15-29)28(41)38-10-8-37(9-11-38)27(40)17-5-4-16(12-19(17)30)35-26(39)25-33-14-21(36(25)2)18-6-7-22(43-3)24(32)23(18)31/h4-7,12,14,20,34,42H,8-11,13,15H2,1-3H3,(H,35,39)/t20?,29-/m0/s1. The Morgan fingerprint density at radius 2 is 1.81 bits per heavy atom. The fourth-order valence-electron chi connectivity index (χ4n) is 5.33. The van der Waals surface area contributed by atoms with E-state index in [0.29, 0.717) is 44.8 Å². The third-order valence-electron chi connectivity index (χ3n) is 7.74. The van der Waals surface area contributed by atoms with Crippen LogP contribution in [0.3, 0.4) is 0 Å².